The lowest BCUT2D eigenvalue weighted by Crippen LogP contribution is -2.24. The van der Waals surface area contributed by atoms with Crippen LogP contribution in [0.2, 0.25) is 0 Å². The molecule has 0 aromatic heterocycles. The van der Waals surface area contributed by atoms with Gasteiger partial charge in [-0.05, 0) is 12.1 Å². The number of benzene rings is 1. The molecule has 1 amide bonds. The number of ether oxygens (including phenoxy) is 2. The zero-order valence-electron chi connectivity index (χ0n) is 9.82. The van der Waals surface area contributed by atoms with Gasteiger partial charge in [-0.15, -0.1) is 0 Å². The fraction of sp³-hybridized carbons (Fsp3) is 0.333. The van der Waals surface area contributed by atoms with Gasteiger partial charge in [0.1, 0.15) is 11.5 Å². The molecule has 0 unspecified atom stereocenters. The van der Waals surface area contributed by atoms with Crippen LogP contribution in [0.4, 0.5) is 0 Å². The average molecular weight is 234 g/mol. The number of rotatable bonds is 5. The maximum absolute atomic E-state index is 11.8. The van der Waals surface area contributed by atoms with E-state index in [1.807, 2.05) is 6.07 Å². The van der Waals surface area contributed by atoms with Gasteiger partial charge < -0.3 is 14.8 Å². The lowest BCUT2D eigenvalue weighted by molar-refractivity contribution is 0.0951. The second-order valence-corrected chi connectivity index (χ2v) is 3.23. The number of hydrogen-bond acceptors (Lipinski definition) is 4. The third-order valence-corrected chi connectivity index (χ3v) is 2.18. The van der Waals surface area contributed by atoms with Crippen molar-refractivity contribution in [2.75, 3.05) is 20.8 Å². The maximum atomic E-state index is 11.8. The number of amides is 1. The van der Waals surface area contributed by atoms with Crippen molar-refractivity contribution >= 4 is 5.91 Å². The van der Waals surface area contributed by atoms with E-state index in [0.717, 1.165) is 0 Å². The normalized spacial score (nSPS) is 9.24. The van der Waals surface area contributed by atoms with Gasteiger partial charge in [0.25, 0.3) is 5.91 Å². The van der Waals surface area contributed by atoms with Gasteiger partial charge in [-0.3, -0.25) is 4.79 Å². The predicted molar refractivity (Wildman–Crippen MR) is 62.1 cm³/mol. The zero-order chi connectivity index (χ0) is 12.7. The van der Waals surface area contributed by atoms with Crippen molar-refractivity contribution in [3.63, 3.8) is 0 Å². The summed E-state index contributed by atoms with van der Waals surface area (Å²) in [6.07, 6.45) is 0.282. The molecule has 17 heavy (non-hydrogen) atoms. The van der Waals surface area contributed by atoms with E-state index >= 15 is 0 Å². The van der Waals surface area contributed by atoms with E-state index in [0.29, 0.717) is 23.6 Å². The third-order valence-electron chi connectivity index (χ3n) is 2.18. The smallest absolute Gasteiger partial charge is 0.255 e. The summed E-state index contributed by atoms with van der Waals surface area (Å²) in [7, 11) is 3.03. The van der Waals surface area contributed by atoms with E-state index in [-0.39, 0.29) is 12.3 Å². The van der Waals surface area contributed by atoms with Crippen LogP contribution in [0, 0.1) is 11.3 Å². The monoisotopic (exact) mass is 234 g/mol. The first-order valence-corrected chi connectivity index (χ1v) is 5.10. The van der Waals surface area contributed by atoms with Crippen molar-refractivity contribution in [1.82, 2.24) is 5.32 Å². The molecule has 0 saturated carbocycles. The SMILES string of the molecule is COc1ccc(C(=O)NCCC#N)c(OC)c1. The van der Waals surface area contributed by atoms with Crippen LogP contribution in [0.1, 0.15) is 16.8 Å². The Morgan fingerprint density at radius 1 is 1.41 bits per heavy atom. The average Bonchev–Trinajstić information content (AvgIpc) is 2.38. The van der Waals surface area contributed by atoms with Crippen molar-refractivity contribution in [3.8, 4) is 17.6 Å². The minimum atomic E-state index is -0.264. The van der Waals surface area contributed by atoms with Gasteiger partial charge in [0.2, 0.25) is 0 Å². The standard InChI is InChI=1S/C12H14N2O3/c1-16-9-4-5-10(11(8-9)17-2)12(15)14-7-3-6-13/h4-5,8H,3,7H2,1-2H3,(H,14,15). The highest BCUT2D eigenvalue weighted by Crippen LogP contribution is 2.24. The number of nitriles is 1. The Kier molecular flexibility index (Phi) is 4.82. The van der Waals surface area contributed by atoms with E-state index in [1.54, 1.807) is 25.3 Å². The largest absolute Gasteiger partial charge is 0.497 e. The second-order valence-electron chi connectivity index (χ2n) is 3.23. The molecule has 0 saturated heterocycles. The van der Waals surface area contributed by atoms with Gasteiger partial charge in [0, 0.05) is 12.6 Å². The van der Waals surface area contributed by atoms with Crippen molar-refractivity contribution < 1.29 is 14.3 Å². The molecule has 0 aliphatic heterocycles. The van der Waals surface area contributed by atoms with Crippen LogP contribution < -0.4 is 14.8 Å². The topological polar surface area (TPSA) is 71.3 Å². The summed E-state index contributed by atoms with van der Waals surface area (Å²) in [5.41, 5.74) is 0.422. The molecule has 1 aromatic carbocycles. The highest BCUT2D eigenvalue weighted by atomic mass is 16.5. The molecule has 1 N–H and O–H groups in total. The van der Waals surface area contributed by atoms with Crippen LogP contribution in [-0.4, -0.2) is 26.7 Å². The van der Waals surface area contributed by atoms with Crippen molar-refractivity contribution in [3.05, 3.63) is 23.8 Å². The van der Waals surface area contributed by atoms with E-state index in [4.69, 9.17) is 14.7 Å². The fourth-order valence-corrected chi connectivity index (χ4v) is 1.31. The maximum Gasteiger partial charge on any atom is 0.255 e. The van der Waals surface area contributed by atoms with Gasteiger partial charge in [0.05, 0.1) is 32.3 Å². The summed E-state index contributed by atoms with van der Waals surface area (Å²) < 4.78 is 10.1. The van der Waals surface area contributed by atoms with Crippen LogP contribution in [0.3, 0.4) is 0 Å². The zero-order valence-corrected chi connectivity index (χ0v) is 9.82. The van der Waals surface area contributed by atoms with Crippen LogP contribution in [0.5, 0.6) is 11.5 Å². The summed E-state index contributed by atoms with van der Waals surface area (Å²) in [6.45, 7) is 0.324. The number of carbonyl (C=O) groups excluding carboxylic acids is 1. The molecular weight excluding hydrogens is 220 g/mol. The molecule has 0 aliphatic carbocycles. The van der Waals surface area contributed by atoms with Crippen LogP contribution in [-0.2, 0) is 0 Å². The molecule has 0 radical (unpaired) electrons. The molecule has 0 heterocycles. The van der Waals surface area contributed by atoms with E-state index < -0.39 is 0 Å². The highest BCUT2D eigenvalue weighted by Gasteiger charge is 2.12. The molecule has 5 nitrogen and oxygen atoms in total. The summed E-state index contributed by atoms with van der Waals surface area (Å²) in [6, 6.07) is 6.90. The predicted octanol–water partition coefficient (Wildman–Crippen LogP) is 1.35. The first kappa shape index (κ1) is 12.8. The Morgan fingerprint density at radius 3 is 2.76 bits per heavy atom. The Hall–Kier alpha value is -2.22. The minimum Gasteiger partial charge on any atom is -0.497 e. The molecule has 0 spiro atoms. The highest BCUT2D eigenvalue weighted by molar-refractivity contribution is 5.97. The molecule has 0 atom stereocenters. The Balaban J connectivity index is 2.82. The molecular formula is C12H14N2O3. The number of nitrogens with zero attached hydrogens (tertiary/aromatic N) is 1. The molecule has 90 valence electrons. The van der Waals surface area contributed by atoms with Crippen LogP contribution >= 0.6 is 0 Å². The Morgan fingerprint density at radius 2 is 2.18 bits per heavy atom. The molecule has 1 aromatic rings. The van der Waals surface area contributed by atoms with Gasteiger partial charge in [-0.1, -0.05) is 0 Å². The van der Waals surface area contributed by atoms with Gasteiger partial charge >= 0.3 is 0 Å². The quantitative estimate of drug-likeness (QED) is 0.780. The summed E-state index contributed by atoms with van der Waals surface area (Å²) in [4.78, 5) is 11.8. The first-order valence-electron chi connectivity index (χ1n) is 5.10. The number of carbonyl (C=O) groups is 1. The van der Waals surface area contributed by atoms with Crippen molar-refractivity contribution in [2.45, 2.75) is 6.42 Å². The van der Waals surface area contributed by atoms with Crippen LogP contribution in [0.15, 0.2) is 18.2 Å². The van der Waals surface area contributed by atoms with Crippen LogP contribution in [0.25, 0.3) is 0 Å². The van der Waals surface area contributed by atoms with Gasteiger partial charge in [-0.25, -0.2) is 0 Å². The first-order chi connectivity index (χ1) is 8.22. The summed E-state index contributed by atoms with van der Waals surface area (Å²) in [5.74, 6) is 0.800. The van der Waals surface area contributed by atoms with E-state index in [9.17, 15) is 4.79 Å². The number of hydrogen-bond donors (Lipinski definition) is 1. The summed E-state index contributed by atoms with van der Waals surface area (Å²) in [5, 5.41) is 11.0. The lowest BCUT2D eigenvalue weighted by Gasteiger charge is -2.09. The van der Waals surface area contributed by atoms with Gasteiger partial charge in [0.15, 0.2) is 0 Å². The number of nitrogens with one attached hydrogen (secondary N) is 1. The number of methoxy groups -OCH3 is 2. The van der Waals surface area contributed by atoms with Gasteiger partial charge in [-0.2, -0.15) is 5.26 Å². The third kappa shape index (κ3) is 3.38. The van der Waals surface area contributed by atoms with Crippen molar-refractivity contribution in [2.24, 2.45) is 0 Å². The Labute approximate surface area is 100.0 Å². The lowest BCUT2D eigenvalue weighted by atomic mass is 10.1. The minimum absolute atomic E-state index is 0.264. The van der Waals surface area contributed by atoms with E-state index in [1.165, 1.54) is 7.11 Å². The molecule has 1 rings (SSSR count). The van der Waals surface area contributed by atoms with Crippen molar-refractivity contribution in [1.29, 1.82) is 5.26 Å². The molecule has 0 bridgehead atoms. The second kappa shape index (κ2) is 6.38. The molecule has 5 heteroatoms. The fourth-order valence-electron chi connectivity index (χ4n) is 1.31. The summed E-state index contributed by atoms with van der Waals surface area (Å²) >= 11 is 0. The molecule has 0 fully saturated rings. The van der Waals surface area contributed by atoms with E-state index in [2.05, 4.69) is 5.32 Å². The Bertz CT molecular complexity index is 438. The molecule has 0 aliphatic rings.